The van der Waals surface area contributed by atoms with Crippen molar-refractivity contribution in [2.24, 2.45) is 5.92 Å². The van der Waals surface area contributed by atoms with Gasteiger partial charge < -0.3 is 4.74 Å². The summed E-state index contributed by atoms with van der Waals surface area (Å²) in [4.78, 5) is 22.4. The lowest BCUT2D eigenvalue weighted by molar-refractivity contribution is -0.387. The van der Waals surface area contributed by atoms with Gasteiger partial charge in [0.1, 0.15) is 6.04 Å². The van der Waals surface area contributed by atoms with Crippen LogP contribution in [0.5, 0.6) is 0 Å². The normalized spacial score (nSPS) is 26.8. The molecule has 2 aliphatic rings. The summed E-state index contributed by atoms with van der Waals surface area (Å²) >= 11 is 0. The largest absolute Gasteiger partial charge is 0.468 e. The van der Waals surface area contributed by atoms with E-state index < -0.39 is 32.6 Å². The first-order chi connectivity index (χ1) is 11.9. The van der Waals surface area contributed by atoms with Crippen molar-refractivity contribution in [1.82, 2.24) is 4.31 Å². The Hall–Kier alpha value is -2.00. The SMILES string of the molecule is COC(=O)[C@@H]1C[C@H]2CCCC[C@H]2N1S(=O)(=O)c1ccccc1[N+](=O)[O-]. The Morgan fingerprint density at radius 2 is 1.96 bits per heavy atom. The number of methoxy groups -OCH3 is 1. The van der Waals surface area contributed by atoms with Crippen molar-refractivity contribution in [2.75, 3.05) is 7.11 Å². The van der Waals surface area contributed by atoms with Gasteiger partial charge in [0.15, 0.2) is 4.90 Å². The molecule has 3 atom stereocenters. The number of benzene rings is 1. The van der Waals surface area contributed by atoms with Gasteiger partial charge in [-0.3, -0.25) is 14.9 Å². The average molecular weight is 368 g/mol. The second kappa shape index (κ2) is 6.72. The van der Waals surface area contributed by atoms with Gasteiger partial charge in [-0.05, 0) is 31.2 Å². The van der Waals surface area contributed by atoms with E-state index in [2.05, 4.69) is 0 Å². The predicted octanol–water partition coefficient (Wildman–Crippen LogP) is 2.09. The molecular weight excluding hydrogens is 348 g/mol. The number of nitrogens with zero attached hydrogens (tertiary/aromatic N) is 2. The van der Waals surface area contributed by atoms with E-state index in [9.17, 15) is 23.3 Å². The summed E-state index contributed by atoms with van der Waals surface area (Å²) in [6.07, 6.45) is 3.77. The molecule has 1 saturated heterocycles. The smallest absolute Gasteiger partial charge is 0.324 e. The topological polar surface area (TPSA) is 107 Å². The van der Waals surface area contributed by atoms with E-state index >= 15 is 0 Å². The van der Waals surface area contributed by atoms with E-state index in [-0.39, 0.29) is 16.9 Å². The van der Waals surface area contributed by atoms with Gasteiger partial charge in [0.25, 0.3) is 15.7 Å². The molecule has 0 aromatic heterocycles. The Kier molecular flexibility index (Phi) is 4.79. The first kappa shape index (κ1) is 17.8. The van der Waals surface area contributed by atoms with Gasteiger partial charge in [-0.1, -0.05) is 25.0 Å². The molecule has 2 fully saturated rings. The molecule has 8 nitrogen and oxygen atoms in total. The number of ether oxygens (including phenoxy) is 1. The van der Waals surface area contributed by atoms with Gasteiger partial charge in [0.05, 0.1) is 12.0 Å². The molecule has 9 heteroatoms. The molecule has 3 rings (SSSR count). The van der Waals surface area contributed by atoms with Crippen LogP contribution in [-0.2, 0) is 19.6 Å². The summed E-state index contributed by atoms with van der Waals surface area (Å²) in [7, 11) is -2.98. The molecule has 136 valence electrons. The Morgan fingerprint density at radius 1 is 1.28 bits per heavy atom. The lowest BCUT2D eigenvalue weighted by Gasteiger charge is -2.32. The molecule has 1 aromatic carbocycles. The van der Waals surface area contributed by atoms with E-state index in [0.29, 0.717) is 12.8 Å². The Bertz CT molecular complexity index is 794. The van der Waals surface area contributed by atoms with Crippen molar-refractivity contribution in [2.45, 2.75) is 49.1 Å². The highest BCUT2D eigenvalue weighted by Crippen LogP contribution is 2.44. The third kappa shape index (κ3) is 3.02. The maximum atomic E-state index is 13.3. The molecule has 1 aliphatic heterocycles. The lowest BCUT2D eigenvalue weighted by Crippen LogP contribution is -2.46. The summed E-state index contributed by atoms with van der Waals surface area (Å²) in [6.45, 7) is 0. The molecule has 0 unspecified atom stereocenters. The Labute approximate surface area is 146 Å². The zero-order valence-corrected chi connectivity index (χ0v) is 14.6. The standard InChI is InChI=1S/C16H20N2O6S/c1-24-16(19)14-10-11-6-2-3-7-12(11)17(14)25(22,23)15-9-5-4-8-13(15)18(20)21/h4-5,8-9,11-12,14H,2-3,6-7,10H2,1H3/t11-,12-,14+/m1/s1. The maximum Gasteiger partial charge on any atom is 0.324 e. The highest BCUT2D eigenvalue weighted by atomic mass is 32.2. The van der Waals surface area contributed by atoms with Gasteiger partial charge in [-0.15, -0.1) is 0 Å². The monoisotopic (exact) mass is 368 g/mol. The fourth-order valence-electron chi connectivity index (χ4n) is 4.04. The van der Waals surface area contributed by atoms with Crippen molar-refractivity contribution in [3.63, 3.8) is 0 Å². The van der Waals surface area contributed by atoms with Crippen LogP contribution in [0.3, 0.4) is 0 Å². The zero-order chi connectivity index (χ0) is 18.2. The number of nitro benzene ring substituents is 1. The van der Waals surface area contributed by atoms with Crippen molar-refractivity contribution >= 4 is 21.7 Å². The minimum absolute atomic E-state index is 0.0791. The Morgan fingerprint density at radius 3 is 2.64 bits per heavy atom. The van der Waals surface area contributed by atoms with Crippen molar-refractivity contribution in [3.8, 4) is 0 Å². The van der Waals surface area contributed by atoms with E-state index in [0.717, 1.165) is 25.3 Å². The molecular formula is C16H20N2O6S. The van der Waals surface area contributed by atoms with Crippen LogP contribution in [0.15, 0.2) is 29.2 Å². The quantitative estimate of drug-likeness (QED) is 0.457. The van der Waals surface area contributed by atoms with Crippen LogP contribution >= 0.6 is 0 Å². The summed E-state index contributed by atoms with van der Waals surface area (Å²) in [5, 5.41) is 11.3. The molecule has 0 bridgehead atoms. The van der Waals surface area contributed by atoms with Crippen LogP contribution in [0.4, 0.5) is 5.69 Å². The van der Waals surface area contributed by atoms with E-state index in [1.54, 1.807) is 0 Å². The number of hydrogen-bond acceptors (Lipinski definition) is 6. The molecule has 0 spiro atoms. The van der Waals surface area contributed by atoms with Crippen LogP contribution in [0, 0.1) is 16.0 Å². The molecule has 0 N–H and O–H groups in total. The number of fused-ring (bicyclic) bond motifs is 1. The van der Waals surface area contributed by atoms with Gasteiger partial charge >= 0.3 is 5.97 Å². The van der Waals surface area contributed by atoms with Gasteiger partial charge in [-0.2, -0.15) is 4.31 Å². The van der Waals surface area contributed by atoms with Gasteiger partial charge in [0.2, 0.25) is 0 Å². The molecule has 1 heterocycles. The van der Waals surface area contributed by atoms with Crippen molar-refractivity contribution in [1.29, 1.82) is 0 Å². The minimum Gasteiger partial charge on any atom is -0.468 e. The van der Waals surface area contributed by atoms with Crippen LogP contribution in [0.1, 0.15) is 32.1 Å². The molecule has 0 radical (unpaired) electrons. The maximum absolute atomic E-state index is 13.3. The highest BCUT2D eigenvalue weighted by Gasteiger charge is 2.52. The number of esters is 1. The van der Waals surface area contributed by atoms with Gasteiger partial charge in [-0.25, -0.2) is 8.42 Å². The summed E-state index contributed by atoms with van der Waals surface area (Å²) in [5.41, 5.74) is -0.481. The third-order valence-electron chi connectivity index (χ3n) is 5.12. The molecule has 1 aromatic rings. The molecule has 1 aliphatic carbocycles. The predicted molar refractivity (Wildman–Crippen MR) is 88.3 cm³/mol. The number of hydrogen-bond donors (Lipinski definition) is 0. The number of carbonyl (C=O) groups excluding carboxylic acids is 1. The van der Waals surface area contributed by atoms with Crippen LogP contribution < -0.4 is 0 Å². The second-order valence-electron chi connectivity index (χ2n) is 6.45. The van der Waals surface area contributed by atoms with Crippen LogP contribution in [0.25, 0.3) is 0 Å². The van der Waals surface area contributed by atoms with Crippen LogP contribution in [0.2, 0.25) is 0 Å². The van der Waals surface area contributed by atoms with E-state index in [1.165, 1.54) is 29.6 Å². The fraction of sp³-hybridized carbons (Fsp3) is 0.562. The lowest BCUT2D eigenvalue weighted by atomic mass is 9.85. The Balaban J connectivity index is 2.10. The van der Waals surface area contributed by atoms with Crippen molar-refractivity contribution in [3.05, 3.63) is 34.4 Å². The zero-order valence-electron chi connectivity index (χ0n) is 13.8. The van der Waals surface area contributed by atoms with Gasteiger partial charge in [0, 0.05) is 12.1 Å². The number of sulfonamides is 1. The third-order valence-corrected chi connectivity index (χ3v) is 7.10. The summed E-state index contributed by atoms with van der Waals surface area (Å²) < 4.78 is 32.5. The minimum atomic E-state index is -4.20. The molecule has 1 saturated carbocycles. The summed E-state index contributed by atoms with van der Waals surface area (Å²) in [5.74, 6) is -0.535. The number of rotatable bonds is 4. The van der Waals surface area contributed by atoms with E-state index in [4.69, 9.17) is 4.74 Å². The molecule has 0 amide bonds. The van der Waals surface area contributed by atoms with Crippen LogP contribution in [-0.4, -0.2) is 42.8 Å². The number of carbonyl (C=O) groups is 1. The second-order valence-corrected chi connectivity index (χ2v) is 8.26. The number of para-hydroxylation sites is 1. The fourth-order valence-corrected chi connectivity index (χ4v) is 6.07. The van der Waals surface area contributed by atoms with E-state index in [1.807, 2.05) is 0 Å². The average Bonchev–Trinajstić information content (AvgIpc) is 3.01. The highest BCUT2D eigenvalue weighted by molar-refractivity contribution is 7.89. The number of nitro groups is 1. The first-order valence-electron chi connectivity index (χ1n) is 8.22. The summed E-state index contributed by atoms with van der Waals surface area (Å²) in [6, 6.07) is 4.00. The first-order valence-corrected chi connectivity index (χ1v) is 9.66. The van der Waals surface area contributed by atoms with Crippen molar-refractivity contribution < 1.29 is 22.9 Å². The molecule has 25 heavy (non-hydrogen) atoms.